The van der Waals surface area contributed by atoms with Crippen molar-refractivity contribution in [3.05, 3.63) is 11.1 Å². The quantitative estimate of drug-likeness (QED) is 0.733. The molecule has 4 heteroatoms. The predicted octanol–water partition coefficient (Wildman–Crippen LogP) is 2.23. The summed E-state index contributed by atoms with van der Waals surface area (Å²) in [5.41, 5.74) is 1.10. The summed E-state index contributed by atoms with van der Waals surface area (Å²) in [7, 11) is 0. The molecule has 2 nitrogen and oxygen atoms in total. The van der Waals surface area contributed by atoms with Gasteiger partial charge in [-0.05, 0) is 13.2 Å². The third-order valence-electron chi connectivity index (χ3n) is 1.20. The summed E-state index contributed by atoms with van der Waals surface area (Å²) in [6, 6.07) is 0. The van der Waals surface area contributed by atoms with Gasteiger partial charge in [0.15, 0.2) is 5.13 Å². The van der Waals surface area contributed by atoms with Crippen molar-refractivity contribution in [1.82, 2.24) is 4.98 Å². The zero-order valence-corrected chi connectivity index (χ0v) is 8.39. The van der Waals surface area contributed by atoms with Crippen LogP contribution in [0.3, 0.4) is 0 Å². The SMILES string of the molecule is CSCCNc1nc(C)cs1. The van der Waals surface area contributed by atoms with Gasteiger partial charge in [-0.1, -0.05) is 0 Å². The lowest BCUT2D eigenvalue weighted by Crippen LogP contribution is -2.02. The minimum atomic E-state index is 1.01. The van der Waals surface area contributed by atoms with E-state index in [0.717, 1.165) is 23.1 Å². The molecule has 0 aliphatic rings. The van der Waals surface area contributed by atoms with Crippen LogP contribution in [0, 0.1) is 6.92 Å². The van der Waals surface area contributed by atoms with E-state index < -0.39 is 0 Å². The summed E-state index contributed by atoms with van der Waals surface area (Å²) in [6.45, 7) is 3.02. The van der Waals surface area contributed by atoms with Crippen molar-refractivity contribution in [1.29, 1.82) is 0 Å². The van der Waals surface area contributed by atoms with E-state index in [0.29, 0.717) is 0 Å². The zero-order valence-electron chi connectivity index (χ0n) is 6.76. The van der Waals surface area contributed by atoms with Gasteiger partial charge in [-0.15, -0.1) is 11.3 Å². The number of nitrogens with zero attached hydrogens (tertiary/aromatic N) is 1. The van der Waals surface area contributed by atoms with Gasteiger partial charge in [-0.25, -0.2) is 4.98 Å². The maximum absolute atomic E-state index is 4.28. The lowest BCUT2D eigenvalue weighted by molar-refractivity contribution is 1.18. The van der Waals surface area contributed by atoms with Crippen LogP contribution < -0.4 is 5.32 Å². The van der Waals surface area contributed by atoms with Crippen molar-refractivity contribution < 1.29 is 0 Å². The molecule has 1 N–H and O–H groups in total. The van der Waals surface area contributed by atoms with E-state index >= 15 is 0 Å². The van der Waals surface area contributed by atoms with E-state index in [2.05, 4.69) is 21.9 Å². The lowest BCUT2D eigenvalue weighted by atomic mass is 10.6. The first-order valence-electron chi connectivity index (χ1n) is 3.48. The predicted molar refractivity (Wildman–Crippen MR) is 53.7 cm³/mol. The maximum atomic E-state index is 4.28. The van der Waals surface area contributed by atoms with Crippen LogP contribution in [0.2, 0.25) is 0 Å². The lowest BCUT2D eigenvalue weighted by Gasteiger charge is -1.98. The standard InChI is InChI=1S/C7H12N2S2/c1-6-5-11-7(9-6)8-3-4-10-2/h5H,3-4H2,1-2H3,(H,8,9). The number of rotatable bonds is 4. The molecule has 0 fully saturated rings. The van der Waals surface area contributed by atoms with Crippen molar-refractivity contribution in [2.75, 3.05) is 23.9 Å². The van der Waals surface area contributed by atoms with Gasteiger partial charge in [-0.3, -0.25) is 0 Å². The first-order chi connectivity index (χ1) is 5.33. The van der Waals surface area contributed by atoms with E-state index in [1.807, 2.05) is 18.7 Å². The fourth-order valence-corrected chi connectivity index (χ4v) is 1.72. The van der Waals surface area contributed by atoms with Crippen molar-refractivity contribution in [2.24, 2.45) is 0 Å². The van der Waals surface area contributed by atoms with Gasteiger partial charge in [0.1, 0.15) is 0 Å². The zero-order chi connectivity index (χ0) is 8.10. The van der Waals surface area contributed by atoms with Gasteiger partial charge in [-0.2, -0.15) is 11.8 Å². The van der Waals surface area contributed by atoms with Crippen molar-refractivity contribution in [3.63, 3.8) is 0 Å². The third-order valence-corrected chi connectivity index (χ3v) is 2.73. The second-order valence-electron chi connectivity index (χ2n) is 2.21. The van der Waals surface area contributed by atoms with Crippen molar-refractivity contribution in [2.45, 2.75) is 6.92 Å². The number of aryl methyl sites for hydroxylation is 1. The van der Waals surface area contributed by atoms with Crippen LogP contribution in [0.25, 0.3) is 0 Å². The Balaban J connectivity index is 2.27. The van der Waals surface area contributed by atoms with Gasteiger partial charge in [0.25, 0.3) is 0 Å². The van der Waals surface area contributed by atoms with Crippen molar-refractivity contribution >= 4 is 28.2 Å². The molecule has 0 unspecified atom stereocenters. The molecule has 0 amide bonds. The molecule has 0 aliphatic carbocycles. The Labute approximate surface area is 75.4 Å². The third kappa shape index (κ3) is 3.12. The van der Waals surface area contributed by atoms with E-state index in [4.69, 9.17) is 0 Å². The number of nitrogens with one attached hydrogen (secondary N) is 1. The highest BCUT2D eigenvalue weighted by molar-refractivity contribution is 7.98. The topological polar surface area (TPSA) is 24.9 Å². The highest BCUT2D eigenvalue weighted by Gasteiger charge is 1.94. The Morgan fingerprint density at radius 3 is 3.09 bits per heavy atom. The monoisotopic (exact) mass is 188 g/mol. The van der Waals surface area contributed by atoms with Gasteiger partial charge >= 0.3 is 0 Å². The molecule has 0 atom stereocenters. The van der Waals surface area contributed by atoms with Crippen LogP contribution in [0.15, 0.2) is 5.38 Å². The molecular formula is C7H12N2S2. The molecule has 0 aliphatic heterocycles. The smallest absolute Gasteiger partial charge is 0.182 e. The van der Waals surface area contributed by atoms with Crippen LogP contribution in [-0.2, 0) is 0 Å². The minimum absolute atomic E-state index is 1.01. The molecule has 1 aromatic heterocycles. The van der Waals surface area contributed by atoms with E-state index in [1.54, 1.807) is 11.3 Å². The fourth-order valence-electron chi connectivity index (χ4n) is 0.695. The number of anilines is 1. The Kier molecular flexibility index (Phi) is 3.72. The van der Waals surface area contributed by atoms with E-state index in [-0.39, 0.29) is 0 Å². The summed E-state index contributed by atoms with van der Waals surface area (Å²) in [4.78, 5) is 4.28. The molecule has 62 valence electrons. The molecule has 0 radical (unpaired) electrons. The largest absolute Gasteiger partial charge is 0.361 e. The van der Waals surface area contributed by atoms with Crippen LogP contribution in [0.4, 0.5) is 5.13 Å². The highest BCUT2D eigenvalue weighted by Crippen LogP contribution is 2.13. The average Bonchev–Trinajstić information content (AvgIpc) is 2.37. The van der Waals surface area contributed by atoms with Crippen LogP contribution >= 0.6 is 23.1 Å². The first-order valence-corrected chi connectivity index (χ1v) is 5.75. The summed E-state index contributed by atoms with van der Waals surface area (Å²) in [6.07, 6.45) is 2.11. The summed E-state index contributed by atoms with van der Waals surface area (Å²) in [5, 5.41) is 6.35. The van der Waals surface area contributed by atoms with E-state index in [9.17, 15) is 0 Å². The highest BCUT2D eigenvalue weighted by atomic mass is 32.2. The number of thiazole rings is 1. The normalized spacial score (nSPS) is 10.0. The molecule has 1 rings (SSSR count). The molecular weight excluding hydrogens is 176 g/mol. The maximum Gasteiger partial charge on any atom is 0.182 e. The second kappa shape index (κ2) is 4.62. The number of hydrogen-bond acceptors (Lipinski definition) is 4. The first kappa shape index (κ1) is 8.87. The molecule has 1 heterocycles. The molecule has 11 heavy (non-hydrogen) atoms. The van der Waals surface area contributed by atoms with Crippen LogP contribution in [0.5, 0.6) is 0 Å². The van der Waals surface area contributed by atoms with Crippen molar-refractivity contribution in [3.8, 4) is 0 Å². The molecule has 0 bridgehead atoms. The summed E-state index contributed by atoms with van der Waals surface area (Å²) >= 11 is 3.51. The number of aromatic nitrogens is 1. The fraction of sp³-hybridized carbons (Fsp3) is 0.571. The Morgan fingerprint density at radius 2 is 2.55 bits per heavy atom. The average molecular weight is 188 g/mol. The molecule has 0 aromatic carbocycles. The molecule has 1 aromatic rings. The summed E-state index contributed by atoms with van der Waals surface area (Å²) in [5.74, 6) is 1.14. The Morgan fingerprint density at radius 1 is 1.73 bits per heavy atom. The van der Waals surface area contributed by atoms with Crippen LogP contribution in [-0.4, -0.2) is 23.5 Å². The van der Waals surface area contributed by atoms with Gasteiger partial charge < -0.3 is 5.32 Å². The minimum Gasteiger partial charge on any atom is -0.361 e. The second-order valence-corrected chi connectivity index (χ2v) is 4.06. The van der Waals surface area contributed by atoms with Gasteiger partial charge in [0.2, 0.25) is 0 Å². The van der Waals surface area contributed by atoms with E-state index in [1.165, 1.54) is 0 Å². The summed E-state index contributed by atoms with van der Waals surface area (Å²) < 4.78 is 0. The molecule has 0 spiro atoms. The Hall–Kier alpha value is -0.220. The molecule has 0 saturated carbocycles. The molecule has 0 saturated heterocycles. The van der Waals surface area contributed by atoms with Crippen LogP contribution in [0.1, 0.15) is 5.69 Å². The van der Waals surface area contributed by atoms with Gasteiger partial charge in [0.05, 0.1) is 5.69 Å². The van der Waals surface area contributed by atoms with Gasteiger partial charge in [0, 0.05) is 17.7 Å². The number of thioether (sulfide) groups is 1. The Bertz CT molecular complexity index is 210. The number of hydrogen-bond donors (Lipinski definition) is 1.